The van der Waals surface area contributed by atoms with Crippen LogP contribution in [0.4, 0.5) is 0 Å². The minimum atomic E-state index is -0.620. The van der Waals surface area contributed by atoms with E-state index in [9.17, 15) is 4.79 Å². The minimum Gasteiger partial charge on any atom is -0.292 e. The van der Waals surface area contributed by atoms with E-state index in [4.69, 9.17) is 11.6 Å². The van der Waals surface area contributed by atoms with Crippen molar-refractivity contribution < 1.29 is 4.79 Å². The van der Waals surface area contributed by atoms with E-state index in [1.54, 1.807) is 11.8 Å². The summed E-state index contributed by atoms with van der Waals surface area (Å²) >= 11 is 7.99. The fourth-order valence-electron chi connectivity index (χ4n) is 1.80. The number of ketones is 1. The average Bonchev–Trinajstić information content (AvgIpc) is 2.48. The van der Waals surface area contributed by atoms with Crippen molar-refractivity contribution in [1.29, 1.82) is 0 Å². The molecule has 2 rings (SSSR count). The van der Waals surface area contributed by atoms with E-state index < -0.39 is 5.38 Å². The van der Waals surface area contributed by atoms with Crippen LogP contribution < -0.4 is 0 Å². The maximum absolute atomic E-state index is 12.3. The van der Waals surface area contributed by atoms with Crippen molar-refractivity contribution in [2.45, 2.75) is 17.2 Å². The van der Waals surface area contributed by atoms with Gasteiger partial charge in [0.2, 0.25) is 0 Å². The molecule has 0 aliphatic heterocycles. The summed E-state index contributed by atoms with van der Waals surface area (Å²) in [5.41, 5.74) is 1.49. The Kier molecular flexibility index (Phi) is 5.06. The highest BCUT2D eigenvalue weighted by Gasteiger charge is 2.18. The number of carbonyl (C=O) groups excluding carboxylic acids is 1. The molecule has 0 heterocycles. The van der Waals surface area contributed by atoms with Gasteiger partial charge in [0.25, 0.3) is 0 Å². The van der Waals surface area contributed by atoms with Crippen LogP contribution in [-0.4, -0.2) is 11.5 Å². The Balaban J connectivity index is 2.15. The molecule has 0 aromatic heterocycles. The number of rotatable bonds is 5. The number of Topliss-reactive ketones (excluding diaryl/α,β-unsaturated/α-hetero) is 1. The van der Waals surface area contributed by atoms with Gasteiger partial charge >= 0.3 is 0 Å². The van der Waals surface area contributed by atoms with Gasteiger partial charge in [0, 0.05) is 10.5 Å². The lowest BCUT2D eigenvalue weighted by Crippen LogP contribution is -2.07. The molecule has 19 heavy (non-hydrogen) atoms. The number of halogens is 1. The summed E-state index contributed by atoms with van der Waals surface area (Å²) in [7, 11) is 0. The van der Waals surface area contributed by atoms with Crippen molar-refractivity contribution >= 4 is 29.1 Å². The van der Waals surface area contributed by atoms with Gasteiger partial charge in [0.15, 0.2) is 5.78 Å². The van der Waals surface area contributed by atoms with E-state index in [0.717, 1.165) is 11.3 Å². The zero-order valence-corrected chi connectivity index (χ0v) is 12.2. The van der Waals surface area contributed by atoms with Crippen LogP contribution in [0.25, 0.3) is 0 Å². The molecule has 0 bridgehead atoms. The molecule has 0 amide bonds. The van der Waals surface area contributed by atoms with Crippen molar-refractivity contribution in [1.82, 2.24) is 0 Å². The highest BCUT2D eigenvalue weighted by Crippen LogP contribution is 2.26. The van der Waals surface area contributed by atoms with E-state index in [2.05, 4.69) is 6.92 Å². The maximum atomic E-state index is 12.3. The van der Waals surface area contributed by atoms with Crippen molar-refractivity contribution in [3.05, 3.63) is 65.7 Å². The molecule has 1 nitrogen and oxygen atoms in total. The number of thioether (sulfide) groups is 1. The number of hydrogen-bond donors (Lipinski definition) is 0. The van der Waals surface area contributed by atoms with E-state index in [1.807, 2.05) is 54.6 Å². The van der Waals surface area contributed by atoms with Gasteiger partial charge in [-0.15, -0.1) is 23.4 Å². The van der Waals surface area contributed by atoms with Crippen LogP contribution in [0.5, 0.6) is 0 Å². The largest absolute Gasteiger partial charge is 0.292 e. The van der Waals surface area contributed by atoms with Crippen LogP contribution in [0.15, 0.2) is 59.5 Å². The summed E-state index contributed by atoms with van der Waals surface area (Å²) in [6.07, 6.45) is 0. The molecule has 0 aliphatic rings. The molecule has 0 saturated carbocycles. The summed E-state index contributed by atoms with van der Waals surface area (Å²) in [5.74, 6) is 0.969. The Bertz CT molecular complexity index is 536. The lowest BCUT2D eigenvalue weighted by molar-refractivity contribution is 0.0987. The second-order valence-corrected chi connectivity index (χ2v) is 5.87. The van der Waals surface area contributed by atoms with Crippen LogP contribution in [0.2, 0.25) is 0 Å². The van der Waals surface area contributed by atoms with Gasteiger partial charge in [0.1, 0.15) is 5.38 Å². The Hall–Kier alpha value is -1.25. The van der Waals surface area contributed by atoms with Gasteiger partial charge in [-0.1, -0.05) is 49.4 Å². The van der Waals surface area contributed by atoms with Crippen molar-refractivity contribution in [2.75, 3.05) is 5.75 Å². The van der Waals surface area contributed by atoms with Crippen molar-refractivity contribution in [3.8, 4) is 0 Å². The van der Waals surface area contributed by atoms with Gasteiger partial charge in [-0.25, -0.2) is 0 Å². The van der Waals surface area contributed by atoms with Crippen LogP contribution >= 0.6 is 23.4 Å². The fourth-order valence-corrected chi connectivity index (χ4v) is 2.74. The highest BCUT2D eigenvalue weighted by atomic mass is 35.5. The molecule has 1 atom stereocenters. The van der Waals surface area contributed by atoms with Gasteiger partial charge in [-0.2, -0.15) is 0 Å². The molecular weight excluding hydrogens is 276 g/mol. The number of alkyl halides is 1. The first-order valence-electron chi connectivity index (χ1n) is 6.18. The van der Waals surface area contributed by atoms with Crippen LogP contribution in [0, 0.1) is 0 Å². The van der Waals surface area contributed by atoms with Crippen LogP contribution in [0.1, 0.15) is 28.2 Å². The lowest BCUT2D eigenvalue weighted by Gasteiger charge is -2.09. The second kappa shape index (κ2) is 6.78. The highest BCUT2D eigenvalue weighted by molar-refractivity contribution is 7.99. The first kappa shape index (κ1) is 14.2. The first-order valence-corrected chi connectivity index (χ1v) is 7.60. The van der Waals surface area contributed by atoms with Gasteiger partial charge in [0.05, 0.1) is 0 Å². The molecule has 0 N–H and O–H groups in total. The molecule has 3 heteroatoms. The van der Waals surface area contributed by atoms with Crippen LogP contribution in [-0.2, 0) is 0 Å². The molecule has 0 aliphatic carbocycles. The quantitative estimate of drug-likeness (QED) is 0.440. The predicted molar refractivity (Wildman–Crippen MR) is 82.2 cm³/mol. The molecule has 2 aromatic rings. The molecule has 0 spiro atoms. The third kappa shape index (κ3) is 3.62. The van der Waals surface area contributed by atoms with E-state index >= 15 is 0 Å². The zero-order valence-electron chi connectivity index (χ0n) is 10.7. The number of benzene rings is 2. The minimum absolute atomic E-state index is 0.0547. The molecule has 0 radical (unpaired) electrons. The van der Waals surface area contributed by atoms with Crippen molar-refractivity contribution in [3.63, 3.8) is 0 Å². The topological polar surface area (TPSA) is 17.1 Å². The number of hydrogen-bond acceptors (Lipinski definition) is 2. The number of carbonyl (C=O) groups is 1. The second-order valence-electron chi connectivity index (χ2n) is 4.09. The Labute approximate surface area is 123 Å². The smallest absolute Gasteiger partial charge is 0.185 e. The predicted octanol–water partition coefficient (Wildman–Crippen LogP) is 4.96. The third-order valence-corrected chi connectivity index (χ3v) is 4.12. The summed E-state index contributed by atoms with van der Waals surface area (Å²) in [5, 5.41) is -0.620. The molecule has 0 saturated heterocycles. The molecule has 2 aromatic carbocycles. The van der Waals surface area contributed by atoms with E-state index in [1.165, 1.54) is 4.90 Å². The maximum Gasteiger partial charge on any atom is 0.185 e. The Morgan fingerprint density at radius 3 is 2.32 bits per heavy atom. The van der Waals surface area contributed by atoms with Gasteiger partial charge in [-0.05, 0) is 23.4 Å². The van der Waals surface area contributed by atoms with Crippen molar-refractivity contribution in [2.24, 2.45) is 0 Å². The Morgan fingerprint density at radius 2 is 1.74 bits per heavy atom. The molecule has 1 unspecified atom stereocenters. The molecule has 0 fully saturated rings. The summed E-state index contributed by atoms with van der Waals surface area (Å²) in [4.78, 5) is 13.4. The van der Waals surface area contributed by atoms with E-state index in [-0.39, 0.29) is 5.78 Å². The van der Waals surface area contributed by atoms with Gasteiger partial charge < -0.3 is 0 Å². The van der Waals surface area contributed by atoms with Crippen LogP contribution in [0.3, 0.4) is 0 Å². The monoisotopic (exact) mass is 290 g/mol. The van der Waals surface area contributed by atoms with E-state index in [0.29, 0.717) is 5.56 Å². The lowest BCUT2D eigenvalue weighted by atomic mass is 10.0. The molecular formula is C16H15ClOS. The zero-order chi connectivity index (χ0) is 13.7. The fraction of sp³-hybridized carbons (Fsp3) is 0.188. The summed E-state index contributed by atoms with van der Waals surface area (Å²) < 4.78 is 0. The first-order chi connectivity index (χ1) is 9.22. The Morgan fingerprint density at radius 1 is 1.11 bits per heavy atom. The van der Waals surface area contributed by atoms with Gasteiger partial charge in [-0.3, -0.25) is 4.79 Å². The third-order valence-electron chi connectivity index (χ3n) is 2.77. The standard InChI is InChI=1S/C16H15ClOS/c1-2-19-14-10-8-13(9-11-14)16(18)15(17)12-6-4-3-5-7-12/h3-11,15H,2H2,1H3. The molecule has 98 valence electrons. The SMILES string of the molecule is CCSc1ccc(C(=O)C(Cl)c2ccccc2)cc1. The normalized spacial score (nSPS) is 12.1. The summed E-state index contributed by atoms with van der Waals surface area (Å²) in [6.45, 7) is 2.11. The summed E-state index contributed by atoms with van der Waals surface area (Å²) in [6, 6.07) is 17.1. The average molecular weight is 291 g/mol.